The van der Waals surface area contributed by atoms with Crippen LogP contribution in [0.5, 0.6) is 5.75 Å². The lowest BCUT2D eigenvalue weighted by molar-refractivity contribution is -0.139. The maximum atomic E-state index is 14.0. The third-order valence-electron chi connectivity index (χ3n) is 7.80. The largest absolute Gasteiger partial charge is 0.494 e. The van der Waals surface area contributed by atoms with Crippen LogP contribution in [0.2, 0.25) is 0 Å². The number of rotatable bonds is 10. The summed E-state index contributed by atoms with van der Waals surface area (Å²) in [7, 11) is 0. The van der Waals surface area contributed by atoms with E-state index in [4.69, 9.17) is 4.74 Å². The van der Waals surface area contributed by atoms with Crippen molar-refractivity contribution in [1.82, 2.24) is 10.2 Å². The molecule has 1 spiro atoms. The van der Waals surface area contributed by atoms with Gasteiger partial charge in [-0.25, -0.2) is 0 Å². The van der Waals surface area contributed by atoms with Gasteiger partial charge in [-0.05, 0) is 91.0 Å². The highest BCUT2D eigenvalue weighted by molar-refractivity contribution is 8.02. The number of carbonyl (C=O) groups is 3. The van der Waals surface area contributed by atoms with Crippen LogP contribution in [0.1, 0.15) is 66.7 Å². The summed E-state index contributed by atoms with van der Waals surface area (Å²) < 4.78 is 4.46. The van der Waals surface area contributed by atoms with E-state index in [9.17, 15) is 19.5 Å². The number of hydrogen-bond acceptors (Lipinski definition) is 6. The highest BCUT2D eigenvalue weighted by Crippen LogP contribution is 2.71. The minimum Gasteiger partial charge on any atom is -0.494 e. The fourth-order valence-corrected chi connectivity index (χ4v) is 8.75. The van der Waals surface area contributed by atoms with E-state index >= 15 is 0 Å². The molecule has 8 nitrogen and oxygen atoms in total. The molecule has 3 saturated heterocycles. The summed E-state index contributed by atoms with van der Waals surface area (Å²) in [4.78, 5) is 43.2. The Kier molecular flexibility index (Phi) is 7.87. The number of nitrogens with zero attached hydrogens (tertiary/aromatic N) is 1. The van der Waals surface area contributed by atoms with Crippen LogP contribution in [0.3, 0.4) is 0 Å². The first-order valence-corrected chi connectivity index (χ1v) is 14.2. The zero-order valence-electron chi connectivity index (χ0n) is 22.6. The molecule has 2 unspecified atom stereocenters. The van der Waals surface area contributed by atoms with Gasteiger partial charge in [-0.1, -0.05) is 0 Å². The SMILES string of the molecule is CCOc1ccc(NC(=O)[C@@H]2[C@H]3C(=O)N(CCCCCO)C(C(=O)NC(C)(C)C)C34CC[C@@]2(C)S4)cc1. The predicted octanol–water partition coefficient (Wildman–Crippen LogP) is 3.58. The van der Waals surface area contributed by atoms with Crippen molar-refractivity contribution in [3.63, 3.8) is 0 Å². The van der Waals surface area contributed by atoms with Crippen LogP contribution in [0.25, 0.3) is 0 Å². The van der Waals surface area contributed by atoms with Gasteiger partial charge < -0.3 is 25.4 Å². The van der Waals surface area contributed by atoms with Crippen molar-refractivity contribution in [2.45, 2.75) is 87.8 Å². The summed E-state index contributed by atoms with van der Waals surface area (Å²) >= 11 is 1.68. The molecular formula is C28H41N3O5S. The predicted molar refractivity (Wildman–Crippen MR) is 146 cm³/mol. The van der Waals surface area contributed by atoms with Gasteiger partial charge in [-0.3, -0.25) is 14.4 Å². The molecule has 3 aliphatic rings. The quantitative estimate of drug-likeness (QED) is 0.399. The lowest BCUT2D eigenvalue weighted by Crippen LogP contribution is -2.57. The molecule has 3 aliphatic heterocycles. The van der Waals surface area contributed by atoms with Crippen LogP contribution >= 0.6 is 11.8 Å². The van der Waals surface area contributed by atoms with Crippen LogP contribution in [0.15, 0.2) is 24.3 Å². The van der Waals surface area contributed by atoms with Crippen molar-refractivity contribution in [1.29, 1.82) is 0 Å². The van der Waals surface area contributed by atoms with Crippen molar-refractivity contribution < 1.29 is 24.2 Å². The van der Waals surface area contributed by atoms with Crippen molar-refractivity contribution in [3.8, 4) is 5.75 Å². The van der Waals surface area contributed by atoms with Gasteiger partial charge in [0.2, 0.25) is 17.7 Å². The Bertz CT molecular complexity index is 1030. The summed E-state index contributed by atoms with van der Waals surface area (Å²) in [5.74, 6) is -0.755. The highest BCUT2D eigenvalue weighted by atomic mass is 32.2. The Morgan fingerprint density at radius 2 is 1.84 bits per heavy atom. The van der Waals surface area contributed by atoms with E-state index < -0.39 is 32.9 Å². The maximum Gasteiger partial charge on any atom is 0.244 e. The number of unbranched alkanes of at least 4 members (excludes halogenated alkanes) is 2. The number of aliphatic hydroxyl groups is 1. The third kappa shape index (κ3) is 5.21. The van der Waals surface area contributed by atoms with Crippen molar-refractivity contribution >= 4 is 35.2 Å². The number of hydrogen-bond donors (Lipinski definition) is 3. The van der Waals surface area contributed by atoms with E-state index in [1.165, 1.54) is 0 Å². The molecule has 1 aromatic carbocycles. The minimum atomic E-state index is -0.626. The summed E-state index contributed by atoms with van der Waals surface area (Å²) in [6.45, 7) is 10.9. The number of nitrogens with one attached hydrogen (secondary N) is 2. The highest BCUT2D eigenvalue weighted by Gasteiger charge is 2.77. The lowest BCUT2D eigenvalue weighted by Gasteiger charge is -2.36. The summed E-state index contributed by atoms with van der Waals surface area (Å²) in [6, 6.07) is 6.64. The second-order valence-corrected chi connectivity index (χ2v) is 13.6. The Morgan fingerprint density at radius 3 is 2.46 bits per heavy atom. The Balaban J connectivity index is 1.63. The Hall–Kier alpha value is -2.26. The second kappa shape index (κ2) is 10.5. The van der Waals surface area contributed by atoms with Crippen molar-refractivity contribution in [3.05, 3.63) is 24.3 Å². The number of likely N-dealkylation sites (tertiary alicyclic amines) is 1. The van der Waals surface area contributed by atoms with Crippen LogP contribution in [0, 0.1) is 11.8 Å². The van der Waals surface area contributed by atoms with Crippen molar-refractivity contribution in [2.24, 2.45) is 11.8 Å². The number of carbonyl (C=O) groups excluding carboxylic acids is 3. The van der Waals surface area contributed by atoms with E-state index in [2.05, 4.69) is 17.6 Å². The molecule has 0 aliphatic carbocycles. The molecule has 2 bridgehead atoms. The van der Waals surface area contributed by atoms with E-state index in [0.29, 0.717) is 31.7 Å². The fourth-order valence-electron chi connectivity index (χ4n) is 6.40. The average molecular weight is 532 g/mol. The van der Waals surface area contributed by atoms with Gasteiger partial charge in [0.15, 0.2) is 0 Å². The molecular weight excluding hydrogens is 490 g/mol. The molecule has 37 heavy (non-hydrogen) atoms. The van der Waals surface area contributed by atoms with Crippen LogP contribution in [0.4, 0.5) is 5.69 Å². The fraction of sp³-hybridized carbons (Fsp3) is 0.679. The average Bonchev–Trinajstić information content (AvgIpc) is 3.38. The monoisotopic (exact) mass is 531 g/mol. The molecule has 9 heteroatoms. The lowest BCUT2D eigenvalue weighted by atomic mass is 9.66. The Labute approximate surface area is 224 Å². The number of aliphatic hydroxyl groups excluding tert-OH is 1. The van der Waals surface area contributed by atoms with Gasteiger partial charge in [0, 0.05) is 29.1 Å². The third-order valence-corrected chi connectivity index (χ3v) is 9.78. The molecule has 204 valence electrons. The minimum absolute atomic E-state index is 0.0965. The normalized spacial score (nSPS) is 30.4. The van der Waals surface area contributed by atoms with E-state index in [-0.39, 0.29) is 24.3 Å². The maximum absolute atomic E-state index is 14.0. The molecule has 3 N–H and O–H groups in total. The number of ether oxygens (including phenoxy) is 1. The first-order chi connectivity index (χ1) is 17.5. The number of anilines is 1. The van der Waals surface area contributed by atoms with E-state index in [0.717, 1.165) is 25.0 Å². The molecule has 0 radical (unpaired) electrons. The second-order valence-electron chi connectivity index (χ2n) is 11.7. The molecule has 3 amide bonds. The van der Waals surface area contributed by atoms with Gasteiger partial charge in [0.25, 0.3) is 0 Å². The number of amides is 3. The van der Waals surface area contributed by atoms with E-state index in [1.54, 1.807) is 16.7 Å². The van der Waals surface area contributed by atoms with Gasteiger partial charge in [0.1, 0.15) is 11.8 Å². The van der Waals surface area contributed by atoms with Crippen LogP contribution in [-0.2, 0) is 14.4 Å². The summed E-state index contributed by atoms with van der Waals surface area (Å²) in [6.07, 6.45) is 3.65. The first kappa shape index (κ1) is 27.8. The van der Waals surface area contributed by atoms with Crippen molar-refractivity contribution in [2.75, 3.05) is 25.1 Å². The van der Waals surface area contributed by atoms with Crippen LogP contribution in [-0.4, -0.2) is 68.6 Å². The summed E-state index contributed by atoms with van der Waals surface area (Å²) in [5, 5.41) is 15.3. The standard InChI is InChI=1S/C28H41N3O5S/c1-6-36-19-12-10-18(11-13-19)29-23(33)20-21-25(35)31(16-8-7-9-17-32)22(24(34)30-26(2,3)4)28(21)15-14-27(20,5)37-28/h10-13,20-22,32H,6-9,14-17H2,1-5H3,(H,29,33)(H,30,34)/t20-,21-,22?,27+,28?/m0/s1. The molecule has 0 saturated carbocycles. The molecule has 5 atom stereocenters. The molecule has 1 aromatic rings. The first-order valence-electron chi connectivity index (χ1n) is 13.4. The van der Waals surface area contributed by atoms with Gasteiger partial charge in [0.05, 0.1) is 23.2 Å². The molecule has 3 fully saturated rings. The molecule has 4 rings (SSSR count). The van der Waals surface area contributed by atoms with Crippen LogP contribution < -0.4 is 15.4 Å². The number of benzene rings is 1. The molecule has 0 aromatic heterocycles. The Morgan fingerprint density at radius 1 is 1.14 bits per heavy atom. The topological polar surface area (TPSA) is 108 Å². The van der Waals surface area contributed by atoms with Gasteiger partial charge in [-0.2, -0.15) is 0 Å². The smallest absolute Gasteiger partial charge is 0.244 e. The zero-order chi connectivity index (χ0) is 27.0. The zero-order valence-corrected chi connectivity index (χ0v) is 23.5. The number of fused-ring (bicyclic) bond motifs is 1. The van der Waals surface area contributed by atoms with E-state index in [1.807, 2.05) is 52.0 Å². The summed E-state index contributed by atoms with van der Waals surface area (Å²) in [5.41, 5.74) is 0.222. The number of thioether (sulfide) groups is 1. The molecule has 3 heterocycles. The van der Waals surface area contributed by atoms with Gasteiger partial charge >= 0.3 is 0 Å². The van der Waals surface area contributed by atoms with Gasteiger partial charge in [-0.15, -0.1) is 11.8 Å².